The molecule has 0 saturated carbocycles. The number of rotatable bonds is 7. The van der Waals surface area contributed by atoms with Crippen LogP contribution in [0.2, 0.25) is 0 Å². The second-order valence-corrected chi connectivity index (χ2v) is 2.82. The van der Waals surface area contributed by atoms with Crippen molar-refractivity contribution in [2.75, 3.05) is 20.3 Å². The maximum atomic E-state index is 5.62. The van der Waals surface area contributed by atoms with Gasteiger partial charge in [0.05, 0.1) is 5.84 Å². The maximum Gasteiger partial charge on any atom is 0.0936 e. The summed E-state index contributed by atoms with van der Waals surface area (Å²) in [5.74, 6) is 0.787. The number of unbranched alkanes of at least 4 members (excludes halogenated alkanes) is 1. The Morgan fingerprint density at radius 1 is 1.42 bits per heavy atom. The molecule has 0 spiro atoms. The van der Waals surface area contributed by atoms with E-state index in [1.54, 1.807) is 7.11 Å². The molecule has 0 aromatic rings. The lowest BCUT2D eigenvalue weighted by Gasteiger charge is -1.98. The van der Waals surface area contributed by atoms with E-state index < -0.39 is 0 Å². The molecule has 0 aromatic carbocycles. The zero-order valence-corrected chi connectivity index (χ0v) is 8.18. The summed E-state index contributed by atoms with van der Waals surface area (Å²) in [6.45, 7) is 3.77. The summed E-state index contributed by atoms with van der Waals surface area (Å²) in [4.78, 5) is 4.22. The first-order valence-electron chi connectivity index (χ1n) is 4.59. The van der Waals surface area contributed by atoms with Crippen LogP contribution in [0.15, 0.2) is 4.99 Å². The highest BCUT2D eigenvalue weighted by Gasteiger charge is 1.89. The van der Waals surface area contributed by atoms with E-state index in [-0.39, 0.29) is 0 Å². The highest BCUT2D eigenvalue weighted by Crippen LogP contribution is 1.92. The Bertz CT molecular complexity index is 124. The van der Waals surface area contributed by atoms with Crippen LogP contribution in [0.1, 0.15) is 32.6 Å². The lowest BCUT2D eigenvalue weighted by Crippen LogP contribution is -2.11. The lowest BCUT2D eigenvalue weighted by atomic mass is 10.3. The summed E-state index contributed by atoms with van der Waals surface area (Å²) in [6.07, 6.45) is 4.13. The summed E-state index contributed by atoms with van der Waals surface area (Å²) in [5.41, 5.74) is 5.62. The normalized spacial score (nSPS) is 12.0. The molecule has 0 aromatic heterocycles. The monoisotopic (exact) mass is 172 g/mol. The van der Waals surface area contributed by atoms with Gasteiger partial charge in [-0.3, -0.25) is 4.99 Å². The predicted octanol–water partition coefficient (Wildman–Crippen LogP) is 1.57. The number of hydrogen-bond donors (Lipinski definition) is 1. The quantitative estimate of drug-likeness (QED) is 0.360. The van der Waals surface area contributed by atoms with Crippen molar-refractivity contribution < 1.29 is 4.74 Å². The Hall–Kier alpha value is -0.570. The van der Waals surface area contributed by atoms with Gasteiger partial charge in [-0.1, -0.05) is 6.92 Å². The van der Waals surface area contributed by atoms with Crippen LogP contribution in [0, 0.1) is 0 Å². The SMILES string of the molecule is CCCC(N)=NCCCCOC. The van der Waals surface area contributed by atoms with Gasteiger partial charge < -0.3 is 10.5 Å². The van der Waals surface area contributed by atoms with Gasteiger partial charge in [-0.15, -0.1) is 0 Å². The second-order valence-electron chi connectivity index (χ2n) is 2.82. The third-order valence-electron chi connectivity index (χ3n) is 1.58. The number of methoxy groups -OCH3 is 1. The van der Waals surface area contributed by atoms with E-state index in [1.807, 2.05) is 0 Å². The molecule has 3 heteroatoms. The molecule has 3 nitrogen and oxygen atoms in total. The van der Waals surface area contributed by atoms with Crippen molar-refractivity contribution >= 4 is 5.84 Å². The Kier molecular flexibility index (Phi) is 8.12. The Balaban J connectivity index is 3.21. The summed E-state index contributed by atoms with van der Waals surface area (Å²) < 4.78 is 4.92. The number of ether oxygens (including phenoxy) is 1. The van der Waals surface area contributed by atoms with E-state index in [0.717, 1.165) is 44.7 Å². The number of nitrogens with zero attached hydrogens (tertiary/aromatic N) is 1. The van der Waals surface area contributed by atoms with Crippen molar-refractivity contribution in [1.29, 1.82) is 0 Å². The molecule has 0 unspecified atom stereocenters. The zero-order chi connectivity index (χ0) is 9.23. The van der Waals surface area contributed by atoms with Gasteiger partial charge in [-0.05, 0) is 19.3 Å². The van der Waals surface area contributed by atoms with Gasteiger partial charge in [0.2, 0.25) is 0 Å². The molecule has 0 amide bonds. The number of aliphatic imine (C=N–C) groups is 1. The van der Waals surface area contributed by atoms with Crippen LogP contribution in [0.3, 0.4) is 0 Å². The van der Waals surface area contributed by atoms with Crippen LogP contribution < -0.4 is 5.73 Å². The Labute approximate surface area is 75.0 Å². The minimum Gasteiger partial charge on any atom is -0.387 e. The van der Waals surface area contributed by atoms with Crippen LogP contribution in [-0.4, -0.2) is 26.1 Å². The van der Waals surface area contributed by atoms with E-state index in [2.05, 4.69) is 11.9 Å². The third-order valence-corrected chi connectivity index (χ3v) is 1.58. The highest BCUT2D eigenvalue weighted by atomic mass is 16.5. The molecule has 72 valence electrons. The van der Waals surface area contributed by atoms with E-state index in [1.165, 1.54) is 0 Å². The fraction of sp³-hybridized carbons (Fsp3) is 0.889. The van der Waals surface area contributed by atoms with Crippen LogP contribution in [0.25, 0.3) is 0 Å². The fourth-order valence-electron chi connectivity index (χ4n) is 0.916. The van der Waals surface area contributed by atoms with Crippen molar-refractivity contribution in [3.63, 3.8) is 0 Å². The van der Waals surface area contributed by atoms with Crippen molar-refractivity contribution in [2.45, 2.75) is 32.6 Å². The van der Waals surface area contributed by atoms with Crippen LogP contribution in [0.4, 0.5) is 0 Å². The maximum absolute atomic E-state index is 5.62. The molecule has 0 aliphatic carbocycles. The van der Waals surface area contributed by atoms with E-state index >= 15 is 0 Å². The first-order valence-corrected chi connectivity index (χ1v) is 4.59. The molecule has 12 heavy (non-hydrogen) atoms. The molecular formula is C9H20N2O. The number of amidine groups is 1. The average molecular weight is 172 g/mol. The summed E-state index contributed by atoms with van der Waals surface area (Å²) in [6, 6.07) is 0. The van der Waals surface area contributed by atoms with Gasteiger partial charge in [0.15, 0.2) is 0 Å². The van der Waals surface area contributed by atoms with E-state index in [4.69, 9.17) is 10.5 Å². The molecule has 0 saturated heterocycles. The van der Waals surface area contributed by atoms with Crippen molar-refractivity contribution in [1.82, 2.24) is 0 Å². The molecule has 0 heterocycles. The fourth-order valence-corrected chi connectivity index (χ4v) is 0.916. The summed E-state index contributed by atoms with van der Waals surface area (Å²) >= 11 is 0. The molecule has 2 N–H and O–H groups in total. The molecule has 0 radical (unpaired) electrons. The molecule has 0 aliphatic heterocycles. The van der Waals surface area contributed by atoms with Crippen LogP contribution in [0.5, 0.6) is 0 Å². The minimum absolute atomic E-state index is 0.787. The van der Waals surface area contributed by atoms with Gasteiger partial charge >= 0.3 is 0 Å². The Morgan fingerprint density at radius 3 is 2.75 bits per heavy atom. The largest absolute Gasteiger partial charge is 0.387 e. The zero-order valence-electron chi connectivity index (χ0n) is 8.18. The van der Waals surface area contributed by atoms with Gasteiger partial charge in [0.1, 0.15) is 0 Å². The predicted molar refractivity (Wildman–Crippen MR) is 52.5 cm³/mol. The van der Waals surface area contributed by atoms with Crippen LogP contribution >= 0.6 is 0 Å². The van der Waals surface area contributed by atoms with Crippen molar-refractivity contribution in [2.24, 2.45) is 10.7 Å². The van der Waals surface area contributed by atoms with Gasteiger partial charge in [-0.25, -0.2) is 0 Å². The first kappa shape index (κ1) is 11.4. The molecule has 0 fully saturated rings. The summed E-state index contributed by atoms with van der Waals surface area (Å²) in [7, 11) is 1.72. The summed E-state index contributed by atoms with van der Waals surface area (Å²) in [5, 5.41) is 0. The standard InChI is InChI=1S/C9H20N2O/c1-3-6-9(10)11-7-4-5-8-12-2/h3-8H2,1-2H3,(H2,10,11). The van der Waals surface area contributed by atoms with Gasteiger partial charge in [0, 0.05) is 26.7 Å². The second kappa shape index (κ2) is 8.53. The lowest BCUT2D eigenvalue weighted by molar-refractivity contribution is 0.193. The van der Waals surface area contributed by atoms with E-state index in [0.29, 0.717) is 0 Å². The van der Waals surface area contributed by atoms with E-state index in [9.17, 15) is 0 Å². The molecule has 0 aliphatic rings. The molecule has 0 atom stereocenters. The minimum atomic E-state index is 0.787. The van der Waals surface area contributed by atoms with Gasteiger partial charge in [-0.2, -0.15) is 0 Å². The molecule has 0 bridgehead atoms. The van der Waals surface area contributed by atoms with Crippen molar-refractivity contribution in [3.8, 4) is 0 Å². The number of nitrogens with two attached hydrogens (primary N) is 1. The highest BCUT2D eigenvalue weighted by molar-refractivity contribution is 5.80. The van der Waals surface area contributed by atoms with Gasteiger partial charge in [0.25, 0.3) is 0 Å². The molecule has 0 rings (SSSR count). The van der Waals surface area contributed by atoms with Crippen LogP contribution in [-0.2, 0) is 4.74 Å². The third kappa shape index (κ3) is 7.54. The smallest absolute Gasteiger partial charge is 0.0936 e. The van der Waals surface area contributed by atoms with Crippen molar-refractivity contribution in [3.05, 3.63) is 0 Å². The molecular weight excluding hydrogens is 152 g/mol. The number of hydrogen-bond acceptors (Lipinski definition) is 2. The topological polar surface area (TPSA) is 47.6 Å². The average Bonchev–Trinajstić information content (AvgIpc) is 2.05. The Morgan fingerprint density at radius 2 is 2.17 bits per heavy atom. The first-order chi connectivity index (χ1) is 5.81.